The smallest absolute Gasteiger partial charge is 0.0406 e. The second-order valence-corrected chi connectivity index (χ2v) is 6.06. The van der Waals surface area contributed by atoms with Crippen LogP contribution in [-0.4, -0.2) is 6.54 Å². The summed E-state index contributed by atoms with van der Waals surface area (Å²) in [5, 5.41) is 4.38. The van der Waals surface area contributed by atoms with Crippen molar-refractivity contribution in [2.24, 2.45) is 5.92 Å². The van der Waals surface area contributed by atoms with Crippen LogP contribution >= 0.6 is 11.6 Å². The first-order valence-electron chi connectivity index (χ1n) is 7.34. The first-order valence-corrected chi connectivity index (χ1v) is 7.72. The Kier molecular flexibility index (Phi) is 3.98. The summed E-state index contributed by atoms with van der Waals surface area (Å²) >= 11 is 5.94. The Morgan fingerprint density at radius 1 is 1.10 bits per heavy atom. The van der Waals surface area contributed by atoms with Crippen LogP contribution < -0.4 is 5.32 Å². The summed E-state index contributed by atoms with van der Waals surface area (Å²) in [6.07, 6.45) is 3.38. The molecule has 0 bridgehead atoms. The Bertz CT molecular complexity index is 589. The van der Waals surface area contributed by atoms with Gasteiger partial charge in [0.1, 0.15) is 0 Å². The van der Waals surface area contributed by atoms with Crippen molar-refractivity contribution in [3.05, 3.63) is 64.2 Å². The topological polar surface area (TPSA) is 12.0 Å². The second kappa shape index (κ2) is 5.88. The van der Waals surface area contributed by atoms with Gasteiger partial charge in [0, 0.05) is 17.3 Å². The minimum atomic E-state index is 0.663. The van der Waals surface area contributed by atoms with Gasteiger partial charge in [-0.15, -0.1) is 0 Å². The number of nitrogens with one attached hydrogen (secondary N) is 1. The lowest BCUT2D eigenvalue weighted by Crippen LogP contribution is -2.25. The summed E-state index contributed by atoms with van der Waals surface area (Å²) < 4.78 is 0. The maximum absolute atomic E-state index is 5.94. The Morgan fingerprint density at radius 2 is 1.85 bits per heavy atom. The molecule has 1 aliphatic rings. The van der Waals surface area contributed by atoms with Crippen molar-refractivity contribution in [2.45, 2.75) is 26.2 Å². The molecule has 20 heavy (non-hydrogen) atoms. The lowest BCUT2D eigenvalue weighted by molar-refractivity contribution is 0.535. The van der Waals surface area contributed by atoms with Gasteiger partial charge < -0.3 is 5.32 Å². The number of rotatable bonds is 3. The summed E-state index contributed by atoms with van der Waals surface area (Å²) in [5.74, 6) is 0.663. The Hall–Kier alpha value is -1.47. The molecule has 0 saturated carbocycles. The second-order valence-electron chi connectivity index (χ2n) is 5.63. The van der Waals surface area contributed by atoms with E-state index < -0.39 is 0 Å². The zero-order valence-corrected chi connectivity index (χ0v) is 12.6. The van der Waals surface area contributed by atoms with E-state index in [1.807, 2.05) is 12.1 Å². The molecular weight excluding hydrogens is 266 g/mol. The monoisotopic (exact) mass is 285 g/mol. The summed E-state index contributed by atoms with van der Waals surface area (Å²) in [7, 11) is 0. The largest absolute Gasteiger partial charge is 0.385 e. The van der Waals surface area contributed by atoms with Crippen molar-refractivity contribution < 1.29 is 0 Å². The number of anilines is 1. The first kappa shape index (κ1) is 13.5. The summed E-state index contributed by atoms with van der Waals surface area (Å²) in [4.78, 5) is 0. The fraction of sp³-hybridized carbons (Fsp3) is 0.333. The zero-order chi connectivity index (χ0) is 13.9. The van der Waals surface area contributed by atoms with Crippen molar-refractivity contribution in [3.63, 3.8) is 0 Å². The molecule has 0 amide bonds. The Labute approximate surface area is 126 Å². The van der Waals surface area contributed by atoms with Crippen LogP contribution in [-0.2, 0) is 19.3 Å². The number of hydrogen-bond donors (Lipinski definition) is 1. The number of aryl methyl sites for hydroxylation is 1. The van der Waals surface area contributed by atoms with Gasteiger partial charge in [0.25, 0.3) is 0 Å². The molecule has 1 unspecified atom stereocenters. The maximum Gasteiger partial charge on any atom is 0.0406 e. The van der Waals surface area contributed by atoms with Crippen LogP contribution in [0.25, 0.3) is 0 Å². The van der Waals surface area contributed by atoms with E-state index >= 15 is 0 Å². The minimum Gasteiger partial charge on any atom is -0.385 e. The van der Waals surface area contributed by atoms with Crippen LogP contribution in [0.4, 0.5) is 5.69 Å². The summed E-state index contributed by atoms with van der Waals surface area (Å²) in [5.41, 5.74) is 5.58. The highest BCUT2D eigenvalue weighted by Gasteiger charge is 2.18. The molecule has 0 saturated heterocycles. The molecule has 0 aliphatic carbocycles. The average molecular weight is 286 g/mol. The minimum absolute atomic E-state index is 0.663. The van der Waals surface area contributed by atoms with Gasteiger partial charge in [-0.3, -0.25) is 0 Å². The molecular formula is C18H20ClN. The van der Waals surface area contributed by atoms with Crippen LogP contribution in [0.2, 0.25) is 5.02 Å². The van der Waals surface area contributed by atoms with E-state index in [2.05, 4.69) is 42.6 Å². The summed E-state index contributed by atoms with van der Waals surface area (Å²) in [6.45, 7) is 3.27. The highest BCUT2D eigenvalue weighted by Crippen LogP contribution is 2.28. The van der Waals surface area contributed by atoms with Crippen LogP contribution in [0.1, 0.15) is 23.6 Å². The highest BCUT2D eigenvalue weighted by atomic mass is 35.5. The molecule has 2 aromatic carbocycles. The average Bonchev–Trinajstić information content (AvgIpc) is 2.49. The molecule has 1 nitrogen and oxygen atoms in total. The fourth-order valence-corrected chi connectivity index (χ4v) is 3.07. The van der Waals surface area contributed by atoms with E-state index in [0.29, 0.717) is 5.92 Å². The predicted octanol–water partition coefficient (Wildman–Crippen LogP) is 4.73. The number of hydrogen-bond acceptors (Lipinski definition) is 1. The zero-order valence-electron chi connectivity index (χ0n) is 11.8. The summed E-state index contributed by atoms with van der Waals surface area (Å²) in [6, 6.07) is 15.1. The lowest BCUT2D eigenvalue weighted by Gasteiger charge is -2.26. The van der Waals surface area contributed by atoms with Crippen molar-refractivity contribution in [2.75, 3.05) is 11.9 Å². The SMILES string of the molecule is CCc1ccc2c(c1)CC(Cc1ccc(Cl)cc1)CN2. The van der Waals surface area contributed by atoms with Gasteiger partial charge >= 0.3 is 0 Å². The van der Waals surface area contributed by atoms with E-state index in [4.69, 9.17) is 11.6 Å². The Morgan fingerprint density at radius 3 is 2.60 bits per heavy atom. The van der Waals surface area contributed by atoms with Crippen LogP contribution in [0.3, 0.4) is 0 Å². The maximum atomic E-state index is 5.94. The van der Waals surface area contributed by atoms with Crippen LogP contribution in [0.15, 0.2) is 42.5 Å². The molecule has 0 fully saturated rings. The van der Waals surface area contributed by atoms with Crippen LogP contribution in [0.5, 0.6) is 0 Å². The van der Waals surface area contributed by atoms with E-state index in [0.717, 1.165) is 24.4 Å². The standard InChI is InChI=1S/C18H20ClN/c1-2-13-5-8-18-16(10-13)11-15(12-20-18)9-14-3-6-17(19)7-4-14/h3-8,10,15,20H,2,9,11-12H2,1H3. The molecule has 0 spiro atoms. The third-order valence-corrected chi connectivity index (χ3v) is 4.36. The number of halogens is 1. The first-order chi connectivity index (χ1) is 9.74. The molecule has 0 radical (unpaired) electrons. The number of fused-ring (bicyclic) bond motifs is 1. The quantitative estimate of drug-likeness (QED) is 0.860. The molecule has 1 N–H and O–H groups in total. The van der Waals surface area contributed by atoms with Gasteiger partial charge in [-0.2, -0.15) is 0 Å². The Balaban J connectivity index is 1.73. The molecule has 3 rings (SSSR count). The molecule has 1 heterocycles. The molecule has 1 atom stereocenters. The van der Waals surface area contributed by atoms with Crippen LogP contribution in [0, 0.1) is 5.92 Å². The van der Waals surface area contributed by atoms with E-state index in [1.54, 1.807) is 0 Å². The van der Waals surface area contributed by atoms with Crippen molar-refractivity contribution in [3.8, 4) is 0 Å². The third kappa shape index (κ3) is 2.99. The molecule has 1 aliphatic heterocycles. The normalized spacial score (nSPS) is 17.4. The predicted molar refractivity (Wildman–Crippen MR) is 86.7 cm³/mol. The van der Waals surface area contributed by atoms with Gasteiger partial charge in [-0.25, -0.2) is 0 Å². The number of benzene rings is 2. The van der Waals surface area contributed by atoms with Crippen molar-refractivity contribution in [1.29, 1.82) is 0 Å². The van der Waals surface area contributed by atoms with Gasteiger partial charge in [-0.05, 0) is 60.1 Å². The van der Waals surface area contributed by atoms with E-state index in [9.17, 15) is 0 Å². The van der Waals surface area contributed by atoms with Gasteiger partial charge in [0.2, 0.25) is 0 Å². The molecule has 2 aromatic rings. The lowest BCUT2D eigenvalue weighted by atomic mass is 9.88. The van der Waals surface area contributed by atoms with E-state index in [1.165, 1.54) is 28.8 Å². The van der Waals surface area contributed by atoms with Gasteiger partial charge in [0.15, 0.2) is 0 Å². The molecule has 104 valence electrons. The van der Waals surface area contributed by atoms with Crippen molar-refractivity contribution >= 4 is 17.3 Å². The molecule has 0 aromatic heterocycles. The molecule has 2 heteroatoms. The van der Waals surface area contributed by atoms with E-state index in [-0.39, 0.29) is 0 Å². The van der Waals surface area contributed by atoms with Gasteiger partial charge in [-0.1, -0.05) is 42.8 Å². The third-order valence-electron chi connectivity index (χ3n) is 4.11. The van der Waals surface area contributed by atoms with Gasteiger partial charge in [0.05, 0.1) is 0 Å². The fourth-order valence-electron chi connectivity index (χ4n) is 2.94. The highest BCUT2D eigenvalue weighted by molar-refractivity contribution is 6.30. The van der Waals surface area contributed by atoms with Crippen molar-refractivity contribution in [1.82, 2.24) is 0 Å².